The molecular weight excluding hydrogens is 315 g/mol. The lowest BCUT2D eigenvalue weighted by molar-refractivity contribution is -0.147. The number of carboxylic acid groups (broad SMARTS) is 1. The smallest absolute Gasteiger partial charge is 0.310 e. The quantitative estimate of drug-likeness (QED) is 0.890. The van der Waals surface area contributed by atoms with E-state index in [4.69, 9.17) is 28.3 Å². The number of benzene rings is 1. The van der Waals surface area contributed by atoms with Crippen molar-refractivity contribution in [2.75, 3.05) is 25.0 Å². The molecule has 0 saturated carbocycles. The van der Waals surface area contributed by atoms with Crippen molar-refractivity contribution in [3.05, 3.63) is 28.2 Å². The van der Waals surface area contributed by atoms with Crippen LogP contribution < -0.4 is 5.32 Å². The number of likely N-dealkylation sites (tertiary alicyclic amines) is 1. The topological polar surface area (TPSA) is 69.6 Å². The number of aliphatic carboxylic acids is 1. The highest BCUT2D eigenvalue weighted by atomic mass is 35.5. The summed E-state index contributed by atoms with van der Waals surface area (Å²) in [7, 11) is 0. The van der Waals surface area contributed by atoms with E-state index in [0.29, 0.717) is 35.2 Å². The standard InChI is InChI=1S/C14H16Cl2N2O3/c1-14(13(20)21)4-5-18(8-14)7-12(19)17-11-6-9(15)2-3-10(11)16/h2-3,6H,4-5,7-8H2,1H3,(H,17,19)(H,20,21). The first-order valence-corrected chi connectivity index (χ1v) is 7.26. The summed E-state index contributed by atoms with van der Waals surface area (Å²) in [6.45, 7) is 2.77. The summed E-state index contributed by atoms with van der Waals surface area (Å²) in [5.41, 5.74) is -0.331. The largest absolute Gasteiger partial charge is 0.481 e. The molecule has 0 spiro atoms. The van der Waals surface area contributed by atoms with E-state index in [9.17, 15) is 9.59 Å². The summed E-state index contributed by atoms with van der Waals surface area (Å²) in [5.74, 6) is -1.07. The third kappa shape index (κ3) is 3.87. The lowest BCUT2D eigenvalue weighted by Gasteiger charge is -2.19. The number of hydrogen-bond donors (Lipinski definition) is 2. The Morgan fingerprint density at radius 3 is 2.76 bits per heavy atom. The van der Waals surface area contributed by atoms with E-state index in [-0.39, 0.29) is 12.5 Å². The summed E-state index contributed by atoms with van der Waals surface area (Å²) in [4.78, 5) is 25.0. The molecule has 7 heteroatoms. The molecule has 2 N–H and O–H groups in total. The number of anilines is 1. The average molecular weight is 331 g/mol. The number of halogens is 2. The van der Waals surface area contributed by atoms with Gasteiger partial charge in [-0.25, -0.2) is 0 Å². The van der Waals surface area contributed by atoms with Crippen LogP contribution in [0, 0.1) is 5.41 Å². The predicted molar refractivity (Wildman–Crippen MR) is 81.9 cm³/mol. The molecule has 1 aliphatic rings. The van der Waals surface area contributed by atoms with Crippen molar-refractivity contribution < 1.29 is 14.7 Å². The minimum Gasteiger partial charge on any atom is -0.481 e. The Labute approximate surface area is 132 Å². The maximum Gasteiger partial charge on any atom is 0.310 e. The highest BCUT2D eigenvalue weighted by Gasteiger charge is 2.40. The molecule has 0 aromatic heterocycles. The molecule has 1 unspecified atom stereocenters. The number of nitrogens with zero attached hydrogens (tertiary/aromatic N) is 1. The fourth-order valence-electron chi connectivity index (χ4n) is 2.35. The molecule has 114 valence electrons. The summed E-state index contributed by atoms with van der Waals surface area (Å²) in [6.07, 6.45) is 0.535. The molecule has 0 bridgehead atoms. The second-order valence-electron chi connectivity index (χ2n) is 5.50. The second kappa shape index (κ2) is 6.22. The molecule has 1 atom stereocenters. The van der Waals surface area contributed by atoms with Gasteiger partial charge in [-0.1, -0.05) is 23.2 Å². The van der Waals surface area contributed by atoms with Gasteiger partial charge in [0.15, 0.2) is 0 Å². The van der Waals surface area contributed by atoms with E-state index in [2.05, 4.69) is 5.32 Å². The van der Waals surface area contributed by atoms with Crippen molar-refractivity contribution in [2.24, 2.45) is 5.41 Å². The Kier molecular flexibility index (Phi) is 4.76. The summed E-state index contributed by atoms with van der Waals surface area (Å²) < 4.78 is 0. The number of nitrogens with one attached hydrogen (secondary N) is 1. The van der Waals surface area contributed by atoms with Gasteiger partial charge in [0.2, 0.25) is 5.91 Å². The highest BCUT2D eigenvalue weighted by molar-refractivity contribution is 6.35. The Morgan fingerprint density at radius 1 is 1.43 bits per heavy atom. The van der Waals surface area contributed by atoms with Crippen LogP contribution in [0.5, 0.6) is 0 Å². The van der Waals surface area contributed by atoms with Crippen molar-refractivity contribution in [1.82, 2.24) is 4.90 Å². The molecule has 1 aromatic carbocycles. The minimum absolute atomic E-state index is 0.131. The van der Waals surface area contributed by atoms with E-state index in [0.717, 1.165) is 0 Å². The number of carboxylic acids is 1. The fourth-order valence-corrected chi connectivity index (χ4v) is 2.69. The molecule has 21 heavy (non-hydrogen) atoms. The SMILES string of the molecule is CC1(C(=O)O)CCN(CC(=O)Nc2cc(Cl)ccc2Cl)C1. The average Bonchev–Trinajstić information content (AvgIpc) is 2.77. The normalized spacial score (nSPS) is 22.2. The summed E-state index contributed by atoms with van der Waals surface area (Å²) in [5, 5.41) is 12.7. The van der Waals surface area contributed by atoms with Gasteiger partial charge in [-0.3, -0.25) is 14.5 Å². The predicted octanol–water partition coefficient (Wildman–Crippen LogP) is 2.73. The molecule has 0 radical (unpaired) electrons. The van der Waals surface area contributed by atoms with Gasteiger partial charge in [0.1, 0.15) is 0 Å². The number of carbonyl (C=O) groups is 2. The molecule has 5 nitrogen and oxygen atoms in total. The van der Waals surface area contributed by atoms with Gasteiger partial charge in [-0.05, 0) is 38.1 Å². The number of carbonyl (C=O) groups excluding carboxylic acids is 1. The maximum atomic E-state index is 12.0. The molecule has 2 rings (SSSR count). The fraction of sp³-hybridized carbons (Fsp3) is 0.429. The molecule has 1 saturated heterocycles. The van der Waals surface area contributed by atoms with Crippen LogP contribution in [0.1, 0.15) is 13.3 Å². The van der Waals surface area contributed by atoms with Gasteiger partial charge in [-0.2, -0.15) is 0 Å². The van der Waals surface area contributed by atoms with Gasteiger partial charge < -0.3 is 10.4 Å². The zero-order valence-corrected chi connectivity index (χ0v) is 13.0. The lowest BCUT2D eigenvalue weighted by atomic mass is 9.90. The molecule has 1 aliphatic heterocycles. The van der Waals surface area contributed by atoms with Gasteiger partial charge >= 0.3 is 5.97 Å². The summed E-state index contributed by atoms with van der Waals surface area (Å²) in [6, 6.07) is 4.82. The third-order valence-electron chi connectivity index (χ3n) is 3.64. The zero-order valence-electron chi connectivity index (χ0n) is 11.5. The maximum absolute atomic E-state index is 12.0. The van der Waals surface area contributed by atoms with E-state index in [1.54, 1.807) is 25.1 Å². The van der Waals surface area contributed by atoms with Crippen LogP contribution >= 0.6 is 23.2 Å². The molecule has 1 heterocycles. The number of hydrogen-bond acceptors (Lipinski definition) is 3. The lowest BCUT2D eigenvalue weighted by Crippen LogP contribution is -2.35. The molecule has 0 aliphatic carbocycles. The van der Waals surface area contributed by atoms with Crippen LogP contribution in [0.15, 0.2) is 18.2 Å². The zero-order chi connectivity index (χ0) is 15.6. The van der Waals surface area contributed by atoms with Crippen LogP contribution in [0.3, 0.4) is 0 Å². The molecular formula is C14H16Cl2N2O3. The van der Waals surface area contributed by atoms with Crippen LogP contribution in [0.2, 0.25) is 10.0 Å². The Balaban J connectivity index is 1.94. The first kappa shape index (κ1) is 16.1. The van der Waals surface area contributed by atoms with E-state index >= 15 is 0 Å². The first-order valence-electron chi connectivity index (χ1n) is 6.51. The number of rotatable bonds is 4. The van der Waals surface area contributed by atoms with E-state index in [1.807, 2.05) is 4.90 Å². The second-order valence-corrected chi connectivity index (χ2v) is 6.34. The van der Waals surface area contributed by atoms with Crippen molar-refractivity contribution in [1.29, 1.82) is 0 Å². The molecule has 1 amide bonds. The molecule has 1 fully saturated rings. The highest BCUT2D eigenvalue weighted by Crippen LogP contribution is 2.30. The Morgan fingerprint density at radius 2 is 2.14 bits per heavy atom. The van der Waals surface area contributed by atoms with Crippen molar-refractivity contribution in [2.45, 2.75) is 13.3 Å². The van der Waals surface area contributed by atoms with E-state index < -0.39 is 11.4 Å². The van der Waals surface area contributed by atoms with Gasteiger partial charge in [0.05, 0.1) is 22.7 Å². The van der Waals surface area contributed by atoms with Gasteiger partial charge in [-0.15, -0.1) is 0 Å². The third-order valence-corrected chi connectivity index (χ3v) is 4.20. The van der Waals surface area contributed by atoms with Crippen LogP contribution in [0.25, 0.3) is 0 Å². The van der Waals surface area contributed by atoms with Gasteiger partial charge in [0.25, 0.3) is 0 Å². The van der Waals surface area contributed by atoms with Gasteiger partial charge in [0, 0.05) is 11.6 Å². The van der Waals surface area contributed by atoms with Crippen LogP contribution in [-0.4, -0.2) is 41.5 Å². The monoisotopic (exact) mass is 330 g/mol. The minimum atomic E-state index is -0.830. The van der Waals surface area contributed by atoms with Crippen molar-refractivity contribution in [3.8, 4) is 0 Å². The van der Waals surface area contributed by atoms with Crippen molar-refractivity contribution in [3.63, 3.8) is 0 Å². The Bertz CT molecular complexity index is 579. The van der Waals surface area contributed by atoms with Crippen LogP contribution in [0.4, 0.5) is 5.69 Å². The first-order chi connectivity index (χ1) is 9.80. The number of amides is 1. The molecule has 1 aromatic rings. The van der Waals surface area contributed by atoms with Crippen LogP contribution in [-0.2, 0) is 9.59 Å². The van der Waals surface area contributed by atoms with E-state index in [1.165, 1.54) is 0 Å². The van der Waals surface area contributed by atoms with Crippen molar-refractivity contribution >= 4 is 40.8 Å². The Hall–Kier alpha value is -1.30. The summed E-state index contributed by atoms with van der Waals surface area (Å²) >= 11 is 11.8.